The van der Waals surface area contributed by atoms with Crippen LogP contribution in [-0.4, -0.2) is 33.6 Å². The summed E-state index contributed by atoms with van der Waals surface area (Å²) in [6.07, 6.45) is 0.0326. The zero-order valence-corrected chi connectivity index (χ0v) is 12.6. The summed E-state index contributed by atoms with van der Waals surface area (Å²) in [4.78, 5) is 33.0. The molecule has 0 radical (unpaired) electrons. The Bertz CT molecular complexity index is 563. The lowest BCUT2D eigenvalue weighted by Crippen LogP contribution is -2.52. The first-order valence-electron chi connectivity index (χ1n) is 6.63. The minimum atomic E-state index is -1.18. The van der Waals surface area contributed by atoms with Crippen molar-refractivity contribution in [2.24, 2.45) is 0 Å². The van der Waals surface area contributed by atoms with Gasteiger partial charge in [0.2, 0.25) is 0 Å². The van der Waals surface area contributed by atoms with E-state index in [0.717, 1.165) is 0 Å². The number of hydrogen-bond acceptors (Lipinski definition) is 4. The second-order valence-corrected chi connectivity index (χ2v) is 5.87. The molecule has 0 saturated heterocycles. The highest BCUT2D eigenvalue weighted by molar-refractivity contribution is 5.83. The van der Waals surface area contributed by atoms with E-state index < -0.39 is 28.5 Å². The van der Waals surface area contributed by atoms with Gasteiger partial charge in [-0.25, -0.2) is 9.59 Å². The smallest absolute Gasteiger partial charge is 0.326 e. The molecule has 0 fully saturated rings. The Hall–Kier alpha value is -2.64. The molecule has 0 aliphatic rings. The maximum Gasteiger partial charge on any atom is 0.326 e. The van der Waals surface area contributed by atoms with Gasteiger partial charge in [-0.1, -0.05) is 12.1 Å². The highest BCUT2D eigenvalue weighted by Crippen LogP contribution is 2.13. The second kappa shape index (κ2) is 6.88. The van der Waals surface area contributed by atoms with Gasteiger partial charge in [0.15, 0.2) is 0 Å². The van der Waals surface area contributed by atoms with Crippen molar-refractivity contribution in [1.82, 2.24) is 10.6 Å². The molecule has 1 aromatic carbocycles. The number of amides is 2. The third kappa shape index (κ3) is 5.78. The number of carbonyl (C=O) groups is 2. The lowest BCUT2D eigenvalue weighted by atomic mass is 10.1. The number of carbonyl (C=O) groups excluding carboxylic acids is 1. The van der Waals surface area contributed by atoms with Crippen LogP contribution in [0.25, 0.3) is 0 Å². The van der Waals surface area contributed by atoms with Crippen molar-refractivity contribution in [2.45, 2.75) is 38.8 Å². The van der Waals surface area contributed by atoms with Gasteiger partial charge in [-0.3, -0.25) is 10.1 Å². The lowest BCUT2D eigenvalue weighted by molar-refractivity contribution is -0.384. The Morgan fingerprint density at radius 2 is 1.82 bits per heavy atom. The molecule has 8 nitrogen and oxygen atoms in total. The summed E-state index contributed by atoms with van der Waals surface area (Å²) in [5.41, 5.74) is 0.0173. The normalized spacial score (nSPS) is 12.3. The van der Waals surface area contributed by atoms with Gasteiger partial charge in [-0.05, 0) is 26.3 Å². The number of rotatable bonds is 5. The summed E-state index contributed by atoms with van der Waals surface area (Å²) < 4.78 is 0. The largest absolute Gasteiger partial charge is 0.480 e. The maximum atomic E-state index is 11.7. The van der Waals surface area contributed by atoms with E-state index in [1.54, 1.807) is 20.8 Å². The first-order valence-corrected chi connectivity index (χ1v) is 6.63. The van der Waals surface area contributed by atoms with E-state index >= 15 is 0 Å². The molecule has 0 heterocycles. The van der Waals surface area contributed by atoms with Crippen LogP contribution in [-0.2, 0) is 11.2 Å². The van der Waals surface area contributed by atoms with Gasteiger partial charge in [0.25, 0.3) is 5.69 Å². The Balaban J connectivity index is 2.74. The maximum absolute atomic E-state index is 11.7. The molecule has 1 atom stereocenters. The molecule has 1 aromatic rings. The van der Waals surface area contributed by atoms with Crippen molar-refractivity contribution in [2.75, 3.05) is 0 Å². The number of hydrogen-bond donors (Lipinski definition) is 3. The predicted octanol–water partition coefficient (Wildman–Crippen LogP) is 1.69. The molecule has 1 rings (SSSR count). The van der Waals surface area contributed by atoms with Crippen LogP contribution in [0.3, 0.4) is 0 Å². The standard InChI is InChI=1S/C14H19N3O5/c1-14(2,3)16-13(20)15-11(12(18)19)8-9-4-6-10(7-5-9)17(21)22/h4-7,11H,8H2,1-3H3,(H,18,19)(H2,15,16,20). The third-order valence-electron chi connectivity index (χ3n) is 2.68. The van der Waals surface area contributed by atoms with E-state index in [4.69, 9.17) is 0 Å². The van der Waals surface area contributed by atoms with E-state index in [1.165, 1.54) is 24.3 Å². The average Bonchev–Trinajstić information content (AvgIpc) is 2.36. The molecule has 0 aliphatic carbocycles. The van der Waals surface area contributed by atoms with E-state index in [1.807, 2.05) is 0 Å². The monoisotopic (exact) mass is 309 g/mol. The van der Waals surface area contributed by atoms with E-state index in [2.05, 4.69) is 10.6 Å². The fourth-order valence-corrected chi connectivity index (χ4v) is 1.72. The van der Waals surface area contributed by atoms with Gasteiger partial charge >= 0.3 is 12.0 Å². The molecule has 8 heteroatoms. The summed E-state index contributed by atoms with van der Waals surface area (Å²) >= 11 is 0. The van der Waals surface area contributed by atoms with Crippen LogP contribution in [0.1, 0.15) is 26.3 Å². The Labute approximate surface area is 127 Å². The number of carboxylic acid groups (broad SMARTS) is 1. The number of nitro benzene ring substituents is 1. The van der Waals surface area contributed by atoms with Crippen LogP contribution in [0, 0.1) is 10.1 Å². The molecule has 22 heavy (non-hydrogen) atoms. The van der Waals surface area contributed by atoms with Crippen molar-refractivity contribution in [3.05, 3.63) is 39.9 Å². The van der Waals surface area contributed by atoms with Crippen molar-refractivity contribution in [1.29, 1.82) is 0 Å². The third-order valence-corrected chi connectivity index (χ3v) is 2.68. The summed E-state index contributed by atoms with van der Waals surface area (Å²) in [5, 5.41) is 24.7. The van der Waals surface area contributed by atoms with Gasteiger partial charge in [0.05, 0.1) is 4.92 Å². The predicted molar refractivity (Wildman–Crippen MR) is 79.6 cm³/mol. The fraction of sp³-hybridized carbons (Fsp3) is 0.429. The molecule has 0 aliphatic heterocycles. The number of nitrogens with zero attached hydrogens (tertiary/aromatic N) is 1. The highest BCUT2D eigenvalue weighted by Gasteiger charge is 2.22. The first-order chi connectivity index (χ1) is 10.1. The molecule has 0 spiro atoms. The number of nitro groups is 1. The minimum absolute atomic E-state index is 0.0326. The SMILES string of the molecule is CC(C)(C)NC(=O)NC(Cc1ccc([N+](=O)[O-])cc1)C(=O)O. The Morgan fingerprint density at radius 3 is 2.23 bits per heavy atom. The van der Waals surface area contributed by atoms with Crippen molar-refractivity contribution in [3.63, 3.8) is 0 Å². The highest BCUT2D eigenvalue weighted by atomic mass is 16.6. The molecular weight excluding hydrogens is 290 g/mol. The van der Waals surface area contributed by atoms with Crippen LogP contribution >= 0.6 is 0 Å². The van der Waals surface area contributed by atoms with Gasteiger partial charge in [0.1, 0.15) is 6.04 Å². The molecule has 120 valence electrons. The van der Waals surface area contributed by atoms with E-state index in [0.29, 0.717) is 5.56 Å². The number of aliphatic carboxylic acids is 1. The van der Waals surface area contributed by atoms with Gasteiger partial charge < -0.3 is 15.7 Å². The fourth-order valence-electron chi connectivity index (χ4n) is 1.72. The number of benzene rings is 1. The van der Waals surface area contributed by atoms with Gasteiger partial charge in [0, 0.05) is 24.1 Å². The van der Waals surface area contributed by atoms with Crippen molar-refractivity contribution < 1.29 is 19.6 Å². The summed E-state index contributed by atoms with van der Waals surface area (Å²) in [7, 11) is 0. The minimum Gasteiger partial charge on any atom is -0.480 e. The number of urea groups is 1. The van der Waals surface area contributed by atoms with Crippen LogP contribution in [0.15, 0.2) is 24.3 Å². The molecule has 0 saturated carbocycles. The van der Waals surface area contributed by atoms with Gasteiger partial charge in [-0.2, -0.15) is 0 Å². The molecule has 0 aromatic heterocycles. The van der Waals surface area contributed by atoms with Crippen LogP contribution in [0.4, 0.5) is 10.5 Å². The first kappa shape index (κ1) is 17.4. The quantitative estimate of drug-likeness (QED) is 0.564. The summed E-state index contributed by atoms with van der Waals surface area (Å²) in [5.74, 6) is -1.18. The molecule has 0 bridgehead atoms. The second-order valence-electron chi connectivity index (χ2n) is 5.87. The molecule has 2 amide bonds. The zero-order valence-electron chi connectivity index (χ0n) is 12.6. The summed E-state index contributed by atoms with van der Waals surface area (Å²) in [6, 6.07) is 3.83. The summed E-state index contributed by atoms with van der Waals surface area (Å²) in [6.45, 7) is 5.33. The average molecular weight is 309 g/mol. The van der Waals surface area contributed by atoms with Crippen LogP contribution < -0.4 is 10.6 Å². The van der Waals surface area contributed by atoms with E-state index in [-0.39, 0.29) is 12.1 Å². The Morgan fingerprint density at radius 1 is 1.27 bits per heavy atom. The molecule has 3 N–H and O–H groups in total. The number of carboxylic acids is 1. The van der Waals surface area contributed by atoms with Crippen molar-refractivity contribution in [3.8, 4) is 0 Å². The van der Waals surface area contributed by atoms with Gasteiger partial charge in [-0.15, -0.1) is 0 Å². The van der Waals surface area contributed by atoms with E-state index in [9.17, 15) is 24.8 Å². The molecular formula is C14H19N3O5. The molecule has 1 unspecified atom stereocenters. The van der Waals surface area contributed by atoms with Crippen molar-refractivity contribution >= 4 is 17.7 Å². The van der Waals surface area contributed by atoms with Crippen LogP contribution in [0.5, 0.6) is 0 Å². The zero-order chi connectivity index (χ0) is 16.9. The van der Waals surface area contributed by atoms with Crippen LogP contribution in [0.2, 0.25) is 0 Å². The number of non-ortho nitro benzene ring substituents is 1. The lowest BCUT2D eigenvalue weighted by Gasteiger charge is -2.23. The number of nitrogens with one attached hydrogen (secondary N) is 2. The Kier molecular flexibility index (Phi) is 5.44. The topological polar surface area (TPSA) is 122 Å².